The van der Waals surface area contributed by atoms with Gasteiger partial charge in [-0.15, -0.1) is 11.3 Å². The van der Waals surface area contributed by atoms with Crippen LogP contribution in [0.25, 0.3) is 22.2 Å². The number of nitrogens with one attached hydrogen (secondary N) is 2. The summed E-state index contributed by atoms with van der Waals surface area (Å²) in [5.74, 6) is 0.760. The highest BCUT2D eigenvalue weighted by Gasteiger charge is 2.24. The minimum absolute atomic E-state index is 0.0416. The van der Waals surface area contributed by atoms with Crippen molar-refractivity contribution in [3.05, 3.63) is 29.3 Å². The summed E-state index contributed by atoms with van der Waals surface area (Å²) in [6.07, 6.45) is 0. The van der Waals surface area contributed by atoms with Crippen LogP contribution in [0.4, 0.5) is 5.13 Å². The zero-order valence-electron chi connectivity index (χ0n) is 16.2. The molecule has 2 N–H and O–H groups in total. The molecule has 1 fully saturated rings. The fraction of sp³-hybridized carbons (Fsp3) is 0.400. The van der Waals surface area contributed by atoms with Crippen LogP contribution in [0.2, 0.25) is 0 Å². The molecule has 1 atom stereocenters. The van der Waals surface area contributed by atoms with Crippen LogP contribution in [0, 0.1) is 6.92 Å². The van der Waals surface area contributed by atoms with Gasteiger partial charge in [0.05, 0.1) is 32.1 Å². The molecule has 0 saturated carbocycles. The molecule has 148 valence electrons. The summed E-state index contributed by atoms with van der Waals surface area (Å²) in [6, 6.07) is 5.73. The number of morpholine rings is 1. The summed E-state index contributed by atoms with van der Waals surface area (Å²) < 4.78 is 10.7. The summed E-state index contributed by atoms with van der Waals surface area (Å²) in [6.45, 7) is 6.83. The van der Waals surface area contributed by atoms with Crippen molar-refractivity contribution in [2.75, 3.05) is 38.7 Å². The molecule has 4 rings (SSSR count). The SMILES string of the molecule is COc1ccc2[nH]c(C)c(-c3csc(NC(=O)[C@H](C)N4CCOCC4)n3)c2c1. The number of aryl methyl sites for hydroxylation is 1. The Morgan fingerprint density at radius 1 is 1.39 bits per heavy atom. The van der Waals surface area contributed by atoms with Crippen LogP contribution in [0.1, 0.15) is 12.6 Å². The normalized spacial score (nSPS) is 16.2. The summed E-state index contributed by atoms with van der Waals surface area (Å²) in [5.41, 5.74) is 3.95. The van der Waals surface area contributed by atoms with E-state index in [0.29, 0.717) is 18.3 Å². The van der Waals surface area contributed by atoms with E-state index >= 15 is 0 Å². The van der Waals surface area contributed by atoms with Gasteiger partial charge in [0.2, 0.25) is 5.91 Å². The van der Waals surface area contributed by atoms with Gasteiger partial charge in [0.1, 0.15) is 5.75 Å². The Labute approximate surface area is 167 Å². The lowest BCUT2D eigenvalue weighted by atomic mass is 10.1. The van der Waals surface area contributed by atoms with E-state index in [1.807, 2.05) is 37.4 Å². The van der Waals surface area contributed by atoms with Crippen molar-refractivity contribution in [3.8, 4) is 17.0 Å². The predicted octanol–water partition coefficient (Wildman–Crippen LogP) is 3.27. The highest BCUT2D eigenvalue weighted by Crippen LogP contribution is 2.35. The first-order valence-corrected chi connectivity index (χ1v) is 10.2. The largest absolute Gasteiger partial charge is 0.497 e. The summed E-state index contributed by atoms with van der Waals surface area (Å²) in [4.78, 5) is 22.8. The number of carbonyl (C=O) groups is 1. The van der Waals surface area contributed by atoms with Gasteiger partial charge in [-0.3, -0.25) is 9.69 Å². The molecule has 3 aromatic rings. The third kappa shape index (κ3) is 3.63. The zero-order chi connectivity index (χ0) is 19.7. The Balaban J connectivity index is 1.55. The number of nitrogens with zero attached hydrogens (tertiary/aromatic N) is 2. The maximum Gasteiger partial charge on any atom is 0.243 e. The van der Waals surface area contributed by atoms with E-state index in [1.54, 1.807) is 7.11 Å². The summed E-state index contributed by atoms with van der Waals surface area (Å²) in [7, 11) is 1.66. The van der Waals surface area contributed by atoms with Gasteiger partial charge in [-0.05, 0) is 32.0 Å². The molecule has 1 saturated heterocycles. The lowest BCUT2D eigenvalue weighted by Crippen LogP contribution is -2.47. The van der Waals surface area contributed by atoms with Crippen molar-refractivity contribution in [2.24, 2.45) is 0 Å². The van der Waals surface area contributed by atoms with Crippen molar-refractivity contribution in [3.63, 3.8) is 0 Å². The quantitative estimate of drug-likeness (QED) is 0.687. The minimum atomic E-state index is -0.213. The summed E-state index contributed by atoms with van der Waals surface area (Å²) >= 11 is 1.44. The third-order valence-electron chi connectivity index (χ3n) is 5.16. The van der Waals surface area contributed by atoms with Crippen molar-refractivity contribution in [1.82, 2.24) is 14.9 Å². The molecule has 2 aromatic heterocycles. The van der Waals surface area contributed by atoms with E-state index in [2.05, 4.69) is 20.2 Å². The first-order valence-electron chi connectivity index (χ1n) is 9.31. The van der Waals surface area contributed by atoms with Crippen LogP contribution in [0.15, 0.2) is 23.6 Å². The molecule has 0 spiro atoms. The average Bonchev–Trinajstić information content (AvgIpc) is 3.30. The Hall–Kier alpha value is -2.42. The van der Waals surface area contributed by atoms with Crippen LogP contribution >= 0.6 is 11.3 Å². The van der Waals surface area contributed by atoms with E-state index in [9.17, 15) is 4.79 Å². The van der Waals surface area contributed by atoms with Gasteiger partial charge < -0.3 is 19.8 Å². The molecule has 1 aliphatic rings. The Kier molecular flexibility index (Phi) is 5.34. The van der Waals surface area contributed by atoms with Crippen molar-refractivity contribution in [1.29, 1.82) is 0 Å². The number of hydrogen-bond donors (Lipinski definition) is 2. The zero-order valence-corrected chi connectivity index (χ0v) is 17.1. The molecule has 0 aliphatic carbocycles. The summed E-state index contributed by atoms with van der Waals surface area (Å²) in [5, 5.41) is 6.60. The number of carbonyl (C=O) groups excluding carboxylic acids is 1. The number of H-pyrrole nitrogens is 1. The maximum atomic E-state index is 12.6. The Bertz CT molecular complexity index is 991. The number of amides is 1. The van der Waals surface area contributed by atoms with Crippen molar-refractivity contribution >= 4 is 33.3 Å². The molecule has 8 heteroatoms. The number of rotatable bonds is 5. The second kappa shape index (κ2) is 7.90. The van der Waals surface area contributed by atoms with Crippen molar-refractivity contribution < 1.29 is 14.3 Å². The van der Waals surface area contributed by atoms with Gasteiger partial charge in [0.15, 0.2) is 5.13 Å². The van der Waals surface area contributed by atoms with Gasteiger partial charge in [-0.1, -0.05) is 0 Å². The number of thiazole rings is 1. The predicted molar refractivity (Wildman–Crippen MR) is 111 cm³/mol. The molecule has 0 unspecified atom stereocenters. The van der Waals surface area contributed by atoms with Crippen LogP contribution in [-0.2, 0) is 9.53 Å². The van der Waals surface area contributed by atoms with Gasteiger partial charge >= 0.3 is 0 Å². The molecule has 0 radical (unpaired) electrons. The van der Waals surface area contributed by atoms with E-state index in [0.717, 1.165) is 46.7 Å². The second-order valence-corrected chi connectivity index (χ2v) is 7.75. The maximum absolute atomic E-state index is 12.6. The van der Waals surface area contributed by atoms with Crippen molar-refractivity contribution in [2.45, 2.75) is 19.9 Å². The molecule has 7 nitrogen and oxygen atoms in total. The minimum Gasteiger partial charge on any atom is -0.497 e. The number of anilines is 1. The third-order valence-corrected chi connectivity index (χ3v) is 5.91. The fourth-order valence-electron chi connectivity index (χ4n) is 3.55. The molecule has 0 bridgehead atoms. The number of methoxy groups -OCH3 is 1. The highest BCUT2D eigenvalue weighted by molar-refractivity contribution is 7.14. The van der Waals surface area contributed by atoms with E-state index in [-0.39, 0.29) is 11.9 Å². The number of benzene rings is 1. The molecule has 3 heterocycles. The van der Waals surface area contributed by atoms with Gasteiger partial charge in [-0.25, -0.2) is 4.98 Å². The van der Waals surface area contributed by atoms with E-state index in [1.165, 1.54) is 11.3 Å². The molecule has 1 amide bonds. The molecule has 1 aliphatic heterocycles. The lowest BCUT2D eigenvalue weighted by molar-refractivity contribution is -0.122. The molecular weight excluding hydrogens is 376 g/mol. The van der Waals surface area contributed by atoms with Crippen LogP contribution in [0.5, 0.6) is 5.75 Å². The van der Waals surface area contributed by atoms with E-state index in [4.69, 9.17) is 9.47 Å². The number of aromatic nitrogens is 2. The smallest absolute Gasteiger partial charge is 0.243 e. The number of fused-ring (bicyclic) bond motifs is 1. The topological polar surface area (TPSA) is 79.5 Å². The number of aromatic amines is 1. The van der Waals surface area contributed by atoms with E-state index < -0.39 is 0 Å². The Morgan fingerprint density at radius 3 is 2.93 bits per heavy atom. The molecule has 28 heavy (non-hydrogen) atoms. The lowest BCUT2D eigenvalue weighted by Gasteiger charge is -2.31. The molecular formula is C20H24N4O3S. The first-order chi connectivity index (χ1) is 13.6. The van der Waals surface area contributed by atoms with Crippen LogP contribution < -0.4 is 10.1 Å². The number of ether oxygens (including phenoxy) is 2. The van der Waals surface area contributed by atoms with Gasteiger partial charge in [0, 0.05) is 40.6 Å². The second-order valence-electron chi connectivity index (χ2n) is 6.89. The first kappa shape index (κ1) is 18.9. The van der Waals surface area contributed by atoms with Crippen LogP contribution in [-0.4, -0.2) is 60.2 Å². The van der Waals surface area contributed by atoms with Gasteiger partial charge in [0.25, 0.3) is 0 Å². The van der Waals surface area contributed by atoms with Gasteiger partial charge in [-0.2, -0.15) is 0 Å². The number of hydrogen-bond acceptors (Lipinski definition) is 6. The molecule has 1 aromatic carbocycles. The highest BCUT2D eigenvalue weighted by atomic mass is 32.1. The van der Waals surface area contributed by atoms with Crippen LogP contribution in [0.3, 0.4) is 0 Å². The Morgan fingerprint density at radius 2 is 2.18 bits per heavy atom. The average molecular weight is 401 g/mol. The fourth-order valence-corrected chi connectivity index (χ4v) is 4.25. The standard InChI is InChI=1S/C20H24N4O3S/c1-12-18(15-10-14(26-3)4-5-16(15)21-12)17-11-28-20(22-17)23-19(25)13(2)24-6-8-27-9-7-24/h4-5,10-11,13,21H,6-9H2,1-3H3,(H,22,23,25)/t13-/m0/s1. The monoisotopic (exact) mass is 400 g/mol.